The van der Waals surface area contributed by atoms with Crippen LogP contribution in [0.5, 0.6) is 0 Å². The molecule has 0 heterocycles. The van der Waals surface area contributed by atoms with Gasteiger partial charge in [-0.3, -0.25) is 0 Å². The third kappa shape index (κ3) is 6.43. The Hall–Kier alpha value is -3.17. The zero-order valence-electron chi connectivity index (χ0n) is 17.8. The van der Waals surface area contributed by atoms with Gasteiger partial charge in [-0.05, 0) is 34.9 Å². The molecule has 0 N–H and O–H groups in total. The van der Waals surface area contributed by atoms with Crippen molar-refractivity contribution in [1.29, 1.82) is 0 Å². The van der Waals surface area contributed by atoms with Gasteiger partial charge in [0.15, 0.2) is 0 Å². The Bertz CT molecular complexity index is 1210. The number of rotatable bonds is 8. The molecule has 0 bridgehead atoms. The van der Waals surface area contributed by atoms with Gasteiger partial charge >= 0.3 is 12.1 Å². The first-order valence-corrected chi connectivity index (χ1v) is 12.6. The molecule has 172 valence electrons. The first kappa shape index (κ1) is 24.5. The predicted octanol–water partition coefficient (Wildman–Crippen LogP) is 5.04. The molecule has 9 heteroatoms. The topological polar surface area (TPSA) is 90.0 Å². The molecule has 0 radical (unpaired) electrons. The van der Waals surface area contributed by atoms with E-state index in [-0.39, 0.29) is 17.9 Å². The van der Waals surface area contributed by atoms with E-state index in [0.29, 0.717) is 20.8 Å². The minimum absolute atomic E-state index is 0.0203. The molecule has 0 saturated carbocycles. The summed E-state index contributed by atoms with van der Waals surface area (Å²) in [6, 6.07) is 21.5. The molecule has 0 atom stereocenters. The molecule has 3 aromatic carbocycles. The molecule has 1 amide bonds. The van der Waals surface area contributed by atoms with Crippen LogP contribution >= 0.6 is 15.9 Å². The maximum Gasteiger partial charge on any atom is 0.428 e. The highest BCUT2D eigenvalue weighted by Crippen LogP contribution is 2.24. The highest BCUT2D eigenvalue weighted by atomic mass is 79.9. The Morgan fingerprint density at radius 3 is 2.18 bits per heavy atom. The van der Waals surface area contributed by atoms with Crippen LogP contribution in [0.1, 0.15) is 27.0 Å². The second kappa shape index (κ2) is 11.1. The van der Waals surface area contributed by atoms with Gasteiger partial charge < -0.3 is 9.47 Å². The molecule has 0 aliphatic carbocycles. The number of esters is 1. The minimum atomic E-state index is -4.21. The van der Waals surface area contributed by atoms with Crippen LogP contribution in [0.3, 0.4) is 0 Å². The second-order valence-electron chi connectivity index (χ2n) is 7.05. The first-order chi connectivity index (χ1) is 15.8. The molecule has 0 unspecified atom stereocenters. The molecular weight excluding hydrogens is 510 g/mol. The fourth-order valence-electron chi connectivity index (χ4n) is 3.03. The van der Waals surface area contributed by atoms with Crippen LogP contribution in [0.2, 0.25) is 0 Å². The van der Waals surface area contributed by atoms with E-state index in [0.717, 1.165) is 5.56 Å². The van der Waals surface area contributed by atoms with Crippen molar-refractivity contribution in [2.75, 3.05) is 11.4 Å². The van der Waals surface area contributed by atoms with Crippen molar-refractivity contribution in [3.05, 3.63) is 101 Å². The van der Waals surface area contributed by atoms with Crippen LogP contribution in [-0.2, 0) is 37.2 Å². The summed E-state index contributed by atoms with van der Waals surface area (Å²) in [6.07, 6.45) is -1.07. The van der Waals surface area contributed by atoms with Crippen molar-refractivity contribution < 1.29 is 27.5 Å². The zero-order chi connectivity index (χ0) is 23.8. The van der Waals surface area contributed by atoms with E-state index in [1.807, 2.05) is 6.07 Å². The van der Waals surface area contributed by atoms with E-state index >= 15 is 0 Å². The monoisotopic (exact) mass is 531 g/mol. The first-order valence-electron chi connectivity index (χ1n) is 9.90. The van der Waals surface area contributed by atoms with Crippen molar-refractivity contribution in [2.45, 2.75) is 17.7 Å². The molecule has 3 rings (SSSR count). The number of alkyl halides is 1. The van der Waals surface area contributed by atoms with Gasteiger partial charge in [0.25, 0.3) is 0 Å². The molecule has 0 spiro atoms. The van der Waals surface area contributed by atoms with Gasteiger partial charge in [0, 0.05) is 5.33 Å². The summed E-state index contributed by atoms with van der Waals surface area (Å²) >= 11 is 3.35. The lowest BCUT2D eigenvalue weighted by Crippen LogP contribution is -2.38. The SMILES string of the molecule is COC(=O)c1cccc(N(C(=O)OCc2ccccc2)S(=O)(=O)Cc2ccc(CBr)cc2)c1. The van der Waals surface area contributed by atoms with Gasteiger partial charge in [0.05, 0.1) is 24.1 Å². The fraction of sp³-hybridized carbons (Fsp3) is 0.167. The largest absolute Gasteiger partial charge is 0.465 e. The van der Waals surface area contributed by atoms with Gasteiger partial charge in [-0.1, -0.05) is 76.6 Å². The van der Waals surface area contributed by atoms with Crippen LogP contribution in [0, 0.1) is 0 Å². The van der Waals surface area contributed by atoms with Gasteiger partial charge in [-0.15, -0.1) is 0 Å². The molecule has 0 saturated heterocycles. The van der Waals surface area contributed by atoms with Crippen molar-refractivity contribution >= 4 is 43.7 Å². The molecule has 7 nitrogen and oxygen atoms in total. The number of hydrogen-bond acceptors (Lipinski definition) is 6. The average molecular weight is 532 g/mol. The Morgan fingerprint density at radius 1 is 0.879 bits per heavy atom. The Labute approximate surface area is 201 Å². The number of halogens is 1. The molecule has 0 aromatic heterocycles. The number of ether oxygens (including phenoxy) is 2. The maximum absolute atomic E-state index is 13.4. The van der Waals surface area contributed by atoms with Crippen LogP contribution < -0.4 is 4.31 Å². The van der Waals surface area contributed by atoms with Crippen LogP contribution in [0.25, 0.3) is 0 Å². The van der Waals surface area contributed by atoms with Crippen LogP contribution in [0.4, 0.5) is 10.5 Å². The number of anilines is 1. The number of benzene rings is 3. The zero-order valence-corrected chi connectivity index (χ0v) is 20.2. The third-order valence-corrected chi connectivity index (χ3v) is 6.94. The summed E-state index contributed by atoms with van der Waals surface area (Å²) in [5, 5.41) is 0.637. The van der Waals surface area contributed by atoms with Crippen molar-refractivity contribution in [3.63, 3.8) is 0 Å². The number of sulfonamides is 1. The summed E-state index contributed by atoms with van der Waals surface area (Å²) in [6.45, 7) is -0.109. The highest BCUT2D eigenvalue weighted by Gasteiger charge is 2.31. The second-order valence-corrected chi connectivity index (χ2v) is 9.43. The summed E-state index contributed by atoms with van der Waals surface area (Å²) in [7, 11) is -2.99. The molecular formula is C24H22BrNO6S. The number of carbonyl (C=O) groups is 2. The lowest BCUT2D eigenvalue weighted by atomic mass is 10.2. The van der Waals surface area contributed by atoms with Crippen LogP contribution in [-0.4, -0.2) is 27.6 Å². The smallest absolute Gasteiger partial charge is 0.428 e. The highest BCUT2D eigenvalue weighted by molar-refractivity contribution is 9.08. The molecule has 33 heavy (non-hydrogen) atoms. The van der Waals surface area contributed by atoms with Crippen molar-refractivity contribution in [1.82, 2.24) is 0 Å². The molecule has 3 aromatic rings. The number of nitrogens with zero attached hydrogens (tertiary/aromatic N) is 1. The van der Waals surface area contributed by atoms with E-state index in [2.05, 4.69) is 15.9 Å². The third-order valence-electron chi connectivity index (χ3n) is 4.68. The van der Waals surface area contributed by atoms with E-state index < -0.39 is 27.8 Å². The van der Waals surface area contributed by atoms with Gasteiger partial charge in [-0.2, -0.15) is 4.31 Å². The van der Waals surface area contributed by atoms with Gasteiger partial charge in [0.1, 0.15) is 6.61 Å². The molecule has 0 aliphatic heterocycles. The number of hydrogen-bond donors (Lipinski definition) is 0. The van der Waals surface area contributed by atoms with Crippen molar-refractivity contribution in [2.24, 2.45) is 0 Å². The van der Waals surface area contributed by atoms with Crippen molar-refractivity contribution in [3.8, 4) is 0 Å². The molecule has 0 fully saturated rings. The maximum atomic E-state index is 13.4. The Kier molecular flexibility index (Phi) is 8.24. The lowest BCUT2D eigenvalue weighted by molar-refractivity contribution is 0.0600. The number of carbonyl (C=O) groups excluding carboxylic acids is 2. The van der Waals surface area contributed by atoms with Gasteiger partial charge in [0.2, 0.25) is 10.0 Å². The number of amides is 1. The van der Waals surface area contributed by atoms with Crippen LogP contribution in [0.15, 0.2) is 78.9 Å². The van der Waals surface area contributed by atoms with E-state index in [1.54, 1.807) is 48.5 Å². The summed E-state index contributed by atoms with van der Waals surface area (Å²) in [5.41, 5.74) is 2.28. The van der Waals surface area contributed by atoms with Gasteiger partial charge in [-0.25, -0.2) is 18.0 Å². The average Bonchev–Trinajstić information content (AvgIpc) is 2.83. The quantitative estimate of drug-likeness (QED) is 0.298. The van der Waals surface area contributed by atoms with E-state index in [9.17, 15) is 18.0 Å². The summed E-state index contributed by atoms with van der Waals surface area (Å²) < 4.78 is 37.3. The summed E-state index contributed by atoms with van der Waals surface area (Å²) in [5.74, 6) is -1.09. The normalized spacial score (nSPS) is 11.0. The number of methoxy groups -OCH3 is 1. The Balaban J connectivity index is 1.94. The molecule has 0 aliphatic rings. The lowest BCUT2D eigenvalue weighted by Gasteiger charge is -2.22. The minimum Gasteiger partial charge on any atom is -0.465 e. The Morgan fingerprint density at radius 2 is 1.55 bits per heavy atom. The predicted molar refractivity (Wildman–Crippen MR) is 129 cm³/mol. The standard InChI is InChI=1S/C24H22BrNO6S/c1-31-23(27)21-8-5-9-22(14-21)26(24(28)32-16-19-6-3-2-4-7-19)33(29,30)17-20-12-10-18(15-25)11-13-20/h2-14H,15-17H2,1H3. The van der Waals surface area contributed by atoms with E-state index in [4.69, 9.17) is 9.47 Å². The van der Waals surface area contributed by atoms with E-state index in [1.165, 1.54) is 31.4 Å². The summed E-state index contributed by atoms with van der Waals surface area (Å²) in [4.78, 5) is 25.0. The fourth-order valence-corrected chi connectivity index (χ4v) is 4.87.